The summed E-state index contributed by atoms with van der Waals surface area (Å²) < 4.78 is 33.5. The van der Waals surface area contributed by atoms with Crippen molar-refractivity contribution >= 4 is 26.0 Å². The van der Waals surface area contributed by atoms with Crippen LogP contribution < -0.4 is 4.72 Å². The van der Waals surface area contributed by atoms with Crippen molar-refractivity contribution in [2.75, 3.05) is 13.2 Å². The van der Waals surface area contributed by atoms with E-state index in [-0.39, 0.29) is 12.0 Å². The van der Waals surface area contributed by atoms with Gasteiger partial charge in [-0.25, -0.2) is 13.1 Å². The van der Waals surface area contributed by atoms with Gasteiger partial charge >= 0.3 is 0 Å². The van der Waals surface area contributed by atoms with E-state index in [4.69, 9.17) is 4.74 Å². The average Bonchev–Trinajstić information content (AvgIpc) is 2.85. The van der Waals surface area contributed by atoms with Gasteiger partial charge in [0.25, 0.3) is 0 Å². The van der Waals surface area contributed by atoms with Crippen LogP contribution in [0.25, 0.3) is 0 Å². The summed E-state index contributed by atoms with van der Waals surface area (Å²) >= 11 is 3.37. The van der Waals surface area contributed by atoms with E-state index >= 15 is 0 Å². The molecule has 1 aromatic rings. The van der Waals surface area contributed by atoms with Crippen molar-refractivity contribution in [3.8, 4) is 0 Å². The molecule has 106 valence electrons. The Kier molecular flexibility index (Phi) is 4.66. The molecule has 2 unspecified atom stereocenters. The van der Waals surface area contributed by atoms with Gasteiger partial charge in [-0.3, -0.25) is 0 Å². The topological polar surface area (TPSA) is 55.4 Å². The summed E-state index contributed by atoms with van der Waals surface area (Å²) in [4.78, 5) is 0.305. The molecule has 19 heavy (non-hydrogen) atoms. The highest BCUT2D eigenvalue weighted by Gasteiger charge is 2.26. The minimum Gasteiger partial charge on any atom is -0.381 e. The molecule has 0 radical (unpaired) electrons. The first-order chi connectivity index (χ1) is 8.90. The summed E-state index contributed by atoms with van der Waals surface area (Å²) in [5.41, 5.74) is 0.903. The van der Waals surface area contributed by atoms with Crippen molar-refractivity contribution in [1.82, 2.24) is 4.72 Å². The fourth-order valence-electron chi connectivity index (χ4n) is 2.14. The van der Waals surface area contributed by atoms with E-state index in [1.165, 1.54) is 0 Å². The van der Waals surface area contributed by atoms with Crippen molar-refractivity contribution in [2.24, 2.45) is 5.92 Å². The van der Waals surface area contributed by atoms with Crippen LogP contribution >= 0.6 is 15.9 Å². The molecule has 1 saturated heterocycles. The molecule has 2 atom stereocenters. The number of benzene rings is 1. The molecule has 1 heterocycles. The Balaban J connectivity index is 2.15. The standard InChI is InChI=1S/C13H18BrNO3S/c1-9-7-12(3-4-13(9)14)19(16,17)15-10(2)11-5-6-18-8-11/h3-4,7,10-11,15H,5-6,8H2,1-2H3. The van der Waals surface area contributed by atoms with Crippen LogP contribution in [0.2, 0.25) is 0 Å². The van der Waals surface area contributed by atoms with E-state index in [2.05, 4.69) is 20.7 Å². The summed E-state index contributed by atoms with van der Waals surface area (Å²) in [5.74, 6) is 0.256. The molecule has 1 fully saturated rings. The minimum atomic E-state index is -3.46. The van der Waals surface area contributed by atoms with E-state index in [0.717, 1.165) is 16.5 Å². The van der Waals surface area contributed by atoms with Gasteiger partial charge in [0.05, 0.1) is 11.5 Å². The third-order valence-corrected chi connectivity index (χ3v) is 5.90. The zero-order valence-electron chi connectivity index (χ0n) is 11.0. The van der Waals surface area contributed by atoms with Crippen LogP contribution in [0.4, 0.5) is 0 Å². The van der Waals surface area contributed by atoms with Crippen LogP contribution in [0.15, 0.2) is 27.6 Å². The van der Waals surface area contributed by atoms with Crippen LogP contribution in [0.5, 0.6) is 0 Å². The number of hydrogen-bond acceptors (Lipinski definition) is 3. The van der Waals surface area contributed by atoms with Gasteiger partial charge in [-0.1, -0.05) is 15.9 Å². The van der Waals surface area contributed by atoms with E-state index < -0.39 is 10.0 Å². The number of sulfonamides is 1. The molecule has 0 bridgehead atoms. The number of hydrogen-bond donors (Lipinski definition) is 1. The highest BCUT2D eigenvalue weighted by Crippen LogP contribution is 2.22. The third-order valence-electron chi connectivity index (χ3n) is 3.45. The number of ether oxygens (including phenoxy) is 1. The maximum atomic E-state index is 12.3. The summed E-state index contributed by atoms with van der Waals surface area (Å²) in [5, 5.41) is 0. The van der Waals surface area contributed by atoms with Crippen LogP contribution in [-0.4, -0.2) is 27.7 Å². The first-order valence-corrected chi connectivity index (χ1v) is 8.54. The lowest BCUT2D eigenvalue weighted by molar-refractivity contribution is 0.180. The van der Waals surface area contributed by atoms with Gasteiger partial charge in [0.2, 0.25) is 10.0 Å². The van der Waals surface area contributed by atoms with Gasteiger partial charge in [0, 0.05) is 23.0 Å². The molecule has 1 aliphatic heterocycles. The van der Waals surface area contributed by atoms with E-state index in [1.54, 1.807) is 18.2 Å². The number of halogens is 1. The van der Waals surface area contributed by atoms with Crippen molar-refractivity contribution in [1.29, 1.82) is 0 Å². The number of rotatable bonds is 4. The summed E-state index contributed by atoms with van der Waals surface area (Å²) in [6.45, 7) is 5.11. The monoisotopic (exact) mass is 347 g/mol. The molecule has 6 heteroatoms. The lowest BCUT2D eigenvalue weighted by Gasteiger charge is -2.19. The molecule has 1 N–H and O–H groups in total. The second-order valence-electron chi connectivity index (χ2n) is 4.94. The molecule has 1 aromatic carbocycles. The predicted molar refractivity (Wildman–Crippen MR) is 77.6 cm³/mol. The fourth-order valence-corrected chi connectivity index (χ4v) is 3.78. The Morgan fingerprint density at radius 1 is 1.47 bits per heavy atom. The Labute approximate surface area is 122 Å². The Morgan fingerprint density at radius 2 is 2.21 bits per heavy atom. The summed E-state index contributed by atoms with van der Waals surface area (Å²) in [6, 6.07) is 4.92. The smallest absolute Gasteiger partial charge is 0.240 e. The quantitative estimate of drug-likeness (QED) is 0.910. The molecule has 0 aliphatic carbocycles. The van der Waals surface area contributed by atoms with Gasteiger partial charge in [-0.2, -0.15) is 0 Å². The number of aryl methyl sites for hydroxylation is 1. The Morgan fingerprint density at radius 3 is 2.79 bits per heavy atom. The minimum absolute atomic E-state index is 0.114. The van der Waals surface area contributed by atoms with Crippen molar-refractivity contribution in [3.63, 3.8) is 0 Å². The molecule has 0 aromatic heterocycles. The molecular formula is C13H18BrNO3S. The van der Waals surface area contributed by atoms with E-state index in [9.17, 15) is 8.42 Å². The van der Waals surface area contributed by atoms with Crippen LogP contribution in [-0.2, 0) is 14.8 Å². The van der Waals surface area contributed by atoms with E-state index in [1.807, 2.05) is 13.8 Å². The summed E-state index contributed by atoms with van der Waals surface area (Å²) in [7, 11) is -3.46. The zero-order chi connectivity index (χ0) is 14.0. The molecule has 0 spiro atoms. The van der Waals surface area contributed by atoms with Crippen molar-refractivity contribution in [2.45, 2.75) is 31.2 Å². The SMILES string of the molecule is Cc1cc(S(=O)(=O)NC(C)C2CCOC2)ccc1Br. The molecule has 2 rings (SSSR count). The third kappa shape index (κ3) is 3.56. The van der Waals surface area contributed by atoms with Gasteiger partial charge in [0.15, 0.2) is 0 Å². The van der Waals surface area contributed by atoms with Crippen LogP contribution in [0.1, 0.15) is 18.9 Å². The maximum Gasteiger partial charge on any atom is 0.240 e. The first kappa shape index (κ1) is 15.0. The lowest BCUT2D eigenvalue weighted by atomic mass is 10.0. The normalized spacial score (nSPS) is 21.5. The zero-order valence-corrected chi connectivity index (χ0v) is 13.4. The maximum absolute atomic E-state index is 12.3. The second-order valence-corrected chi connectivity index (χ2v) is 7.51. The van der Waals surface area contributed by atoms with Crippen LogP contribution in [0, 0.1) is 12.8 Å². The molecule has 0 amide bonds. The average molecular weight is 348 g/mol. The van der Waals surface area contributed by atoms with Crippen molar-refractivity contribution < 1.29 is 13.2 Å². The summed E-state index contributed by atoms with van der Waals surface area (Å²) in [6.07, 6.45) is 0.906. The highest BCUT2D eigenvalue weighted by molar-refractivity contribution is 9.10. The van der Waals surface area contributed by atoms with Gasteiger partial charge in [-0.15, -0.1) is 0 Å². The fraction of sp³-hybridized carbons (Fsp3) is 0.538. The van der Waals surface area contributed by atoms with Gasteiger partial charge in [0.1, 0.15) is 0 Å². The molecule has 0 saturated carbocycles. The van der Waals surface area contributed by atoms with Crippen molar-refractivity contribution in [3.05, 3.63) is 28.2 Å². The second kappa shape index (κ2) is 5.91. The predicted octanol–water partition coefficient (Wildman–Crippen LogP) is 2.46. The number of nitrogens with one attached hydrogen (secondary N) is 1. The largest absolute Gasteiger partial charge is 0.381 e. The molecule has 1 aliphatic rings. The van der Waals surface area contributed by atoms with Crippen LogP contribution in [0.3, 0.4) is 0 Å². The molecular weight excluding hydrogens is 330 g/mol. The van der Waals surface area contributed by atoms with Gasteiger partial charge in [-0.05, 0) is 44.0 Å². The highest BCUT2D eigenvalue weighted by atomic mass is 79.9. The van der Waals surface area contributed by atoms with Gasteiger partial charge < -0.3 is 4.74 Å². The Hall–Kier alpha value is -0.430. The molecule has 4 nitrogen and oxygen atoms in total. The first-order valence-electron chi connectivity index (χ1n) is 6.26. The lowest BCUT2D eigenvalue weighted by Crippen LogP contribution is -2.38. The Bertz CT molecular complexity index is 553. The van der Waals surface area contributed by atoms with E-state index in [0.29, 0.717) is 18.1 Å².